The standard InChI is InChI=1S/C27H38N4O3/c1-21-7-10-23(29-20-21)6-5-15-30-16-18-31(19-17-30)26(33)34-24-11-8-22(9-12-24)25(32)28-14-13-27(2,3)4/h7-12,20H,5-6,13-19H2,1-4H3,(H,28,32). The van der Waals surface area contributed by atoms with E-state index in [9.17, 15) is 9.59 Å². The smallest absolute Gasteiger partial charge is 0.410 e. The van der Waals surface area contributed by atoms with Crippen LogP contribution in [0.3, 0.4) is 0 Å². The average Bonchev–Trinajstić information content (AvgIpc) is 2.80. The molecule has 0 saturated carbocycles. The minimum atomic E-state index is -0.342. The fraction of sp³-hybridized carbons (Fsp3) is 0.519. The van der Waals surface area contributed by atoms with Crippen LogP contribution in [-0.2, 0) is 6.42 Å². The zero-order chi connectivity index (χ0) is 24.6. The minimum absolute atomic E-state index is 0.114. The second-order valence-corrected chi connectivity index (χ2v) is 10.2. The quantitative estimate of drug-likeness (QED) is 0.628. The highest BCUT2D eigenvalue weighted by molar-refractivity contribution is 5.94. The highest BCUT2D eigenvalue weighted by Crippen LogP contribution is 2.18. The topological polar surface area (TPSA) is 74.8 Å². The summed E-state index contributed by atoms with van der Waals surface area (Å²) in [6, 6.07) is 10.9. The number of amides is 2. The minimum Gasteiger partial charge on any atom is -0.410 e. The number of aryl methyl sites for hydroxylation is 2. The molecule has 1 N–H and O–H groups in total. The van der Waals surface area contributed by atoms with Gasteiger partial charge in [-0.2, -0.15) is 0 Å². The van der Waals surface area contributed by atoms with Gasteiger partial charge in [-0.05, 0) is 74.0 Å². The van der Waals surface area contributed by atoms with E-state index in [4.69, 9.17) is 4.74 Å². The maximum Gasteiger partial charge on any atom is 0.415 e. The molecule has 1 aliphatic rings. The molecule has 0 radical (unpaired) electrons. The molecule has 1 aromatic heterocycles. The molecular formula is C27H38N4O3. The van der Waals surface area contributed by atoms with E-state index in [0.29, 0.717) is 30.9 Å². The Kier molecular flexibility index (Phi) is 9.05. The van der Waals surface area contributed by atoms with Crippen molar-refractivity contribution in [2.75, 3.05) is 39.3 Å². The van der Waals surface area contributed by atoms with Crippen molar-refractivity contribution in [3.8, 4) is 5.75 Å². The van der Waals surface area contributed by atoms with E-state index < -0.39 is 0 Å². The number of pyridine rings is 1. The lowest BCUT2D eigenvalue weighted by Crippen LogP contribution is -2.49. The summed E-state index contributed by atoms with van der Waals surface area (Å²) in [5, 5.41) is 2.93. The Balaban J connectivity index is 1.36. The molecule has 34 heavy (non-hydrogen) atoms. The van der Waals surface area contributed by atoms with Crippen LogP contribution in [0.15, 0.2) is 42.6 Å². The number of carbonyl (C=O) groups excluding carboxylic acids is 2. The molecule has 184 valence electrons. The molecule has 1 aliphatic heterocycles. The number of hydrogen-bond donors (Lipinski definition) is 1. The molecule has 2 heterocycles. The number of carbonyl (C=O) groups is 2. The van der Waals surface area contributed by atoms with Crippen molar-refractivity contribution in [1.82, 2.24) is 20.1 Å². The summed E-state index contributed by atoms with van der Waals surface area (Å²) in [6.45, 7) is 13.1. The summed E-state index contributed by atoms with van der Waals surface area (Å²) in [4.78, 5) is 33.4. The van der Waals surface area contributed by atoms with Crippen molar-refractivity contribution in [2.24, 2.45) is 5.41 Å². The van der Waals surface area contributed by atoms with Gasteiger partial charge in [0.25, 0.3) is 5.91 Å². The van der Waals surface area contributed by atoms with Gasteiger partial charge >= 0.3 is 6.09 Å². The zero-order valence-corrected chi connectivity index (χ0v) is 21.0. The zero-order valence-electron chi connectivity index (χ0n) is 21.0. The summed E-state index contributed by atoms with van der Waals surface area (Å²) in [5.41, 5.74) is 3.04. The Morgan fingerprint density at radius 1 is 1.03 bits per heavy atom. The van der Waals surface area contributed by atoms with Crippen molar-refractivity contribution in [2.45, 2.75) is 47.0 Å². The second kappa shape index (κ2) is 12.0. The van der Waals surface area contributed by atoms with E-state index in [1.54, 1.807) is 29.2 Å². The van der Waals surface area contributed by atoms with Gasteiger partial charge < -0.3 is 15.0 Å². The molecular weight excluding hydrogens is 428 g/mol. The van der Waals surface area contributed by atoms with Gasteiger partial charge in [0.2, 0.25) is 0 Å². The Labute approximate surface area is 203 Å². The van der Waals surface area contributed by atoms with Crippen molar-refractivity contribution < 1.29 is 14.3 Å². The molecule has 0 atom stereocenters. The first-order valence-corrected chi connectivity index (χ1v) is 12.2. The lowest BCUT2D eigenvalue weighted by molar-refractivity contribution is 0.0949. The van der Waals surface area contributed by atoms with Crippen LogP contribution in [0.1, 0.15) is 55.2 Å². The summed E-state index contributed by atoms with van der Waals surface area (Å²) in [7, 11) is 0. The van der Waals surface area contributed by atoms with Crippen molar-refractivity contribution >= 4 is 12.0 Å². The Hall–Kier alpha value is -2.93. The number of nitrogens with one attached hydrogen (secondary N) is 1. The maximum absolute atomic E-state index is 12.6. The predicted molar refractivity (Wildman–Crippen MR) is 134 cm³/mol. The molecule has 1 aromatic carbocycles. The summed E-state index contributed by atoms with van der Waals surface area (Å²) in [5.74, 6) is 0.334. The van der Waals surface area contributed by atoms with Crippen molar-refractivity contribution in [3.05, 3.63) is 59.4 Å². The van der Waals surface area contributed by atoms with Crippen LogP contribution in [-0.4, -0.2) is 66.1 Å². The number of benzene rings is 1. The number of ether oxygens (including phenoxy) is 1. The van der Waals surface area contributed by atoms with Crippen LogP contribution in [0.4, 0.5) is 4.79 Å². The molecule has 2 amide bonds. The van der Waals surface area contributed by atoms with E-state index in [1.807, 2.05) is 13.1 Å². The highest BCUT2D eigenvalue weighted by Gasteiger charge is 2.22. The summed E-state index contributed by atoms with van der Waals surface area (Å²) in [6.07, 6.45) is 4.50. The largest absolute Gasteiger partial charge is 0.415 e. The molecule has 3 rings (SSSR count). The van der Waals surface area contributed by atoms with Gasteiger partial charge in [-0.25, -0.2) is 4.79 Å². The third-order valence-corrected chi connectivity index (χ3v) is 5.99. The normalized spacial score (nSPS) is 14.6. The van der Waals surface area contributed by atoms with E-state index in [0.717, 1.165) is 44.6 Å². The number of piperazine rings is 1. The van der Waals surface area contributed by atoms with E-state index in [2.05, 4.69) is 48.1 Å². The molecule has 2 aromatic rings. The first-order valence-electron chi connectivity index (χ1n) is 12.2. The van der Waals surface area contributed by atoms with Crippen LogP contribution in [0.25, 0.3) is 0 Å². The molecule has 0 spiro atoms. The first-order chi connectivity index (χ1) is 16.2. The lowest BCUT2D eigenvalue weighted by atomic mass is 9.92. The number of rotatable bonds is 8. The van der Waals surface area contributed by atoms with Gasteiger partial charge in [-0.3, -0.25) is 14.7 Å². The molecule has 1 saturated heterocycles. The third-order valence-electron chi connectivity index (χ3n) is 5.99. The van der Waals surface area contributed by atoms with E-state index >= 15 is 0 Å². The van der Waals surface area contributed by atoms with Crippen molar-refractivity contribution in [1.29, 1.82) is 0 Å². The lowest BCUT2D eigenvalue weighted by Gasteiger charge is -2.34. The van der Waals surface area contributed by atoms with Crippen molar-refractivity contribution in [3.63, 3.8) is 0 Å². The maximum atomic E-state index is 12.6. The SMILES string of the molecule is Cc1ccc(CCCN2CCN(C(=O)Oc3ccc(C(=O)NCCC(C)(C)C)cc3)CC2)nc1. The Morgan fingerprint density at radius 2 is 1.74 bits per heavy atom. The number of nitrogens with zero attached hydrogens (tertiary/aromatic N) is 3. The first kappa shape index (κ1) is 25.7. The van der Waals surface area contributed by atoms with Gasteiger partial charge in [0, 0.05) is 50.2 Å². The van der Waals surface area contributed by atoms with Crippen LogP contribution in [0, 0.1) is 12.3 Å². The summed E-state index contributed by atoms with van der Waals surface area (Å²) >= 11 is 0. The molecule has 0 bridgehead atoms. The van der Waals surface area contributed by atoms with Gasteiger partial charge in [-0.1, -0.05) is 26.8 Å². The fourth-order valence-electron chi connectivity index (χ4n) is 3.78. The van der Waals surface area contributed by atoms with Gasteiger partial charge in [0.15, 0.2) is 0 Å². The Bertz CT molecular complexity index is 928. The van der Waals surface area contributed by atoms with Gasteiger partial charge in [0.1, 0.15) is 5.75 Å². The Morgan fingerprint density at radius 3 is 2.35 bits per heavy atom. The summed E-state index contributed by atoms with van der Waals surface area (Å²) < 4.78 is 5.53. The van der Waals surface area contributed by atoms with E-state index in [1.165, 1.54) is 5.56 Å². The number of hydrogen-bond acceptors (Lipinski definition) is 5. The van der Waals surface area contributed by atoms with E-state index in [-0.39, 0.29) is 17.4 Å². The van der Waals surface area contributed by atoms with Gasteiger partial charge in [-0.15, -0.1) is 0 Å². The monoisotopic (exact) mass is 466 g/mol. The number of aromatic nitrogens is 1. The average molecular weight is 467 g/mol. The van der Waals surface area contributed by atoms with Crippen LogP contribution < -0.4 is 10.1 Å². The highest BCUT2D eigenvalue weighted by atomic mass is 16.6. The van der Waals surface area contributed by atoms with Gasteiger partial charge in [0.05, 0.1) is 0 Å². The predicted octanol–water partition coefficient (Wildman–Crippen LogP) is 4.31. The second-order valence-electron chi connectivity index (χ2n) is 10.2. The van der Waals surface area contributed by atoms with Crippen LogP contribution >= 0.6 is 0 Å². The fourth-order valence-corrected chi connectivity index (χ4v) is 3.78. The van der Waals surface area contributed by atoms with Crippen LogP contribution in [0.5, 0.6) is 5.75 Å². The third kappa shape index (κ3) is 8.45. The van der Waals surface area contributed by atoms with Crippen LogP contribution in [0.2, 0.25) is 0 Å². The molecule has 1 fully saturated rings. The molecule has 0 aliphatic carbocycles. The molecule has 7 heteroatoms. The molecule has 7 nitrogen and oxygen atoms in total. The molecule has 0 unspecified atom stereocenters.